The molecule has 0 aliphatic heterocycles. The molecule has 0 aromatic heterocycles. The maximum atomic E-state index is 2.42. The van der Waals surface area contributed by atoms with Gasteiger partial charge in [-0.25, -0.2) is 0 Å². The van der Waals surface area contributed by atoms with Crippen molar-refractivity contribution in [3.05, 3.63) is 170 Å². The van der Waals surface area contributed by atoms with Gasteiger partial charge in [-0.3, -0.25) is 0 Å². The third-order valence-corrected chi connectivity index (χ3v) is 8.12. The Hall–Kier alpha value is -5.60. The molecule has 0 unspecified atom stereocenters. The zero-order valence-corrected chi connectivity index (χ0v) is 23.1. The van der Waals surface area contributed by atoms with Gasteiger partial charge in [0.1, 0.15) is 0 Å². The van der Waals surface area contributed by atoms with E-state index in [9.17, 15) is 0 Å². The first kappa shape index (κ1) is 24.2. The van der Waals surface area contributed by atoms with Gasteiger partial charge in [0.05, 0.1) is 11.4 Å². The number of rotatable bonds is 6. The minimum Gasteiger partial charge on any atom is -0.308 e. The summed E-state index contributed by atoms with van der Waals surface area (Å²) in [5, 5.41) is 7.58. The molecule has 0 fully saturated rings. The summed E-state index contributed by atoms with van der Waals surface area (Å²) in [6, 6.07) is 60.9. The van der Waals surface area contributed by atoms with E-state index in [1.807, 2.05) is 0 Å². The van der Waals surface area contributed by atoms with Crippen molar-refractivity contribution in [2.24, 2.45) is 0 Å². The van der Waals surface area contributed by atoms with E-state index in [4.69, 9.17) is 0 Å². The van der Waals surface area contributed by atoms with Gasteiger partial charge in [0.2, 0.25) is 0 Å². The fourth-order valence-electron chi connectivity index (χ4n) is 6.33. The smallest absolute Gasteiger partial charge is 0.0782 e. The summed E-state index contributed by atoms with van der Waals surface area (Å²) < 4.78 is 0. The van der Waals surface area contributed by atoms with E-state index in [0.717, 1.165) is 34.1 Å². The Morgan fingerprint density at radius 1 is 0.310 bits per heavy atom. The van der Waals surface area contributed by atoms with Gasteiger partial charge >= 0.3 is 0 Å². The lowest BCUT2D eigenvalue weighted by atomic mass is 9.91. The third-order valence-electron chi connectivity index (χ3n) is 8.12. The highest BCUT2D eigenvalue weighted by Crippen LogP contribution is 2.51. The fourth-order valence-corrected chi connectivity index (χ4v) is 6.33. The number of para-hydroxylation sites is 4. The van der Waals surface area contributed by atoms with Crippen molar-refractivity contribution in [1.82, 2.24) is 0 Å². The maximum absolute atomic E-state index is 2.42. The summed E-state index contributed by atoms with van der Waals surface area (Å²) in [4.78, 5) is 4.81. The van der Waals surface area contributed by atoms with Gasteiger partial charge in [-0.1, -0.05) is 115 Å². The van der Waals surface area contributed by atoms with Crippen LogP contribution in [0.15, 0.2) is 170 Å². The molecule has 0 spiro atoms. The van der Waals surface area contributed by atoms with Gasteiger partial charge in [-0.2, -0.15) is 0 Å². The Bertz CT molecular complexity index is 2030. The molecule has 42 heavy (non-hydrogen) atoms. The molecule has 0 saturated heterocycles. The monoisotopic (exact) mass is 536 g/mol. The molecule has 0 bridgehead atoms. The minimum absolute atomic E-state index is 1.11. The van der Waals surface area contributed by atoms with E-state index >= 15 is 0 Å². The van der Waals surface area contributed by atoms with Crippen LogP contribution in [0.1, 0.15) is 0 Å². The quantitative estimate of drug-likeness (QED) is 0.195. The molecule has 0 N–H and O–H groups in total. The van der Waals surface area contributed by atoms with Crippen LogP contribution >= 0.6 is 0 Å². The topological polar surface area (TPSA) is 6.48 Å². The molecular weight excluding hydrogens is 508 g/mol. The summed E-state index contributed by atoms with van der Waals surface area (Å²) >= 11 is 0. The Balaban J connectivity index is 1.56. The highest BCUT2D eigenvalue weighted by molar-refractivity contribution is 6.28. The Morgan fingerprint density at radius 2 is 0.738 bits per heavy atom. The van der Waals surface area contributed by atoms with Crippen LogP contribution in [-0.2, 0) is 0 Å². The molecule has 8 rings (SSSR count). The normalized spacial score (nSPS) is 11.3. The van der Waals surface area contributed by atoms with Crippen molar-refractivity contribution >= 4 is 66.4 Å². The molecule has 0 atom stereocenters. The second kappa shape index (κ2) is 10.1. The number of anilines is 6. The highest BCUT2D eigenvalue weighted by atomic mass is 15.2. The lowest BCUT2D eigenvalue weighted by Crippen LogP contribution is -2.17. The van der Waals surface area contributed by atoms with Gasteiger partial charge in [0.15, 0.2) is 0 Å². The zero-order chi connectivity index (χ0) is 27.9. The fraction of sp³-hybridized carbons (Fsp3) is 0. The van der Waals surface area contributed by atoms with Gasteiger partial charge in [0, 0.05) is 28.1 Å². The second-order valence-electron chi connectivity index (χ2n) is 10.6. The summed E-state index contributed by atoms with van der Waals surface area (Å²) in [5.41, 5.74) is 6.71. The lowest BCUT2D eigenvalue weighted by Gasteiger charge is -2.34. The molecule has 8 aromatic rings. The molecule has 0 saturated carbocycles. The van der Waals surface area contributed by atoms with Crippen molar-refractivity contribution in [2.75, 3.05) is 9.80 Å². The SMILES string of the molecule is c1ccc(N(c2ccccc2)c2cc3ccc4cccc5ccc(c2N(c2ccccc2)c2ccccc2)c3c45)cc1. The predicted molar refractivity (Wildman–Crippen MR) is 180 cm³/mol. The van der Waals surface area contributed by atoms with E-state index in [2.05, 4.69) is 180 Å². The first-order chi connectivity index (χ1) is 20.9. The van der Waals surface area contributed by atoms with Gasteiger partial charge in [-0.15, -0.1) is 0 Å². The van der Waals surface area contributed by atoms with E-state index < -0.39 is 0 Å². The molecule has 2 nitrogen and oxygen atoms in total. The summed E-state index contributed by atoms with van der Waals surface area (Å²) in [6.07, 6.45) is 0. The molecule has 0 amide bonds. The minimum atomic E-state index is 1.11. The predicted octanol–water partition coefficient (Wildman–Crippen LogP) is 11.5. The van der Waals surface area contributed by atoms with Crippen LogP contribution in [0.2, 0.25) is 0 Å². The lowest BCUT2D eigenvalue weighted by molar-refractivity contribution is 1.24. The third kappa shape index (κ3) is 3.96. The molecule has 198 valence electrons. The van der Waals surface area contributed by atoms with Crippen LogP contribution in [0.3, 0.4) is 0 Å². The van der Waals surface area contributed by atoms with Gasteiger partial charge in [0.25, 0.3) is 0 Å². The summed E-state index contributed by atoms with van der Waals surface area (Å²) in [5.74, 6) is 0. The molecular formula is C40H28N2. The van der Waals surface area contributed by atoms with Crippen molar-refractivity contribution < 1.29 is 0 Å². The standard InChI is InChI=1S/C40H28N2/c1-5-16-32(17-6-1)41(33-18-7-2-8-19-33)37-28-31-25-24-29-14-13-15-30-26-27-36(39(31)38(29)30)40(37)42(34-20-9-3-10-21-34)35-22-11-4-12-23-35/h1-28H. The number of nitrogens with zero attached hydrogens (tertiary/aromatic N) is 2. The van der Waals surface area contributed by atoms with Crippen molar-refractivity contribution in [3.8, 4) is 0 Å². The van der Waals surface area contributed by atoms with Crippen LogP contribution < -0.4 is 9.80 Å². The Labute approximate surface area is 245 Å². The van der Waals surface area contributed by atoms with Crippen LogP contribution in [0.5, 0.6) is 0 Å². The van der Waals surface area contributed by atoms with Gasteiger partial charge < -0.3 is 9.80 Å². The molecule has 0 aliphatic carbocycles. The van der Waals surface area contributed by atoms with Gasteiger partial charge in [-0.05, 0) is 81.5 Å². The maximum Gasteiger partial charge on any atom is 0.0782 e. The van der Waals surface area contributed by atoms with Crippen LogP contribution in [0.4, 0.5) is 34.1 Å². The second-order valence-corrected chi connectivity index (χ2v) is 10.6. The number of hydrogen-bond donors (Lipinski definition) is 0. The number of benzene rings is 8. The Kier molecular flexibility index (Phi) is 5.82. The van der Waals surface area contributed by atoms with Crippen LogP contribution in [0, 0.1) is 0 Å². The first-order valence-corrected chi connectivity index (χ1v) is 14.4. The van der Waals surface area contributed by atoms with Crippen molar-refractivity contribution in [1.29, 1.82) is 0 Å². The Morgan fingerprint density at radius 3 is 1.24 bits per heavy atom. The number of hydrogen-bond acceptors (Lipinski definition) is 2. The molecule has 2 heteroatoms. The largest absolute Gasteiger partial charge is 0.308 e. The van der Waals surface area contributed by atoms with Crippen molar-refractivity contribution in [3.63, 3.8) is 0 Å². The van der Waals surface area contributed by atoms with Crippen LogP contribution in [0.25, 0.3) is 32.3 Å². The molecule has 0 radical (unpaired) electrons. The summed E-state index contributed by atoms with van der Waals surface area (Å²) in [7, 11) is 0. The van der Waals surface area contributed by atoms with E-state index in [0.29, 0.717) is 0 Å². The van der Waals surface area contributed by atoms with E-state index in [1.165, 1.54) is 32.3 Å². The van der Waals surface area contributed by atoms with Crippen molar-refractivity contribution in [2.45, 2.75) is 0 Å². The average molecular weight is 537 g/mol. The van der Waals surface area contributed by atoms with E-state index in [1.54, 1.807) is 0 Å². The highest BCUT2D eigenvalue weighted by Gasteiger charge is 2.26. The zero-order valence-electron chi connectivity index (χ0n) is 23.1. The molecule has 0 heterocycles. The summed E-state index contributed by atoms with van der Waals surface area (Å²) in [6.45, 7) is 0. The molecule has 8 aromatic carbocycles. The first-order valence-electron chi connectivity index (χ1n) is 14.4. The van der Waals surface area contributed by atoms with E-state index in [-0.39, 0.29) is 0 Å². The average Bonchev–Trinajstić information content (AvgIpc) is 3.07. The van der Waals surface area contributed by atoms with Crippen LogP contribution in [-0.4, -0.2) is 0 Å². The molecule has 0 aliphatic rings.